The Bertz CT molecular complexity index is 767. The number of rotatable bonds is 6. The van der Waals surface area contributed by atoms with Crippen molar-refractivity contribution in [2.45, 2.75) is 37.4 Å². The van der Waals surface area contributed by atoms with Crippen LogP contribution in [0.1, 0.15) is 31.4 Å². The van der Waals surface area contributed by atoms with Gasteiger partial charge in [-0.3, -0.25) is 4.79 Å². The third kappa shape index (κ3) is 4.94. The zero-order valence-corrected chi connectivity index (χ0v) is 13.6. The molecule has 0 fully saturated rings. The van der Waals surface area contributed by atoms with Crippen LogP contribution in [0.5, 0.6) is 0 Å². The molecule has 0 heterocycles. The topological polar surface area (TPSA) is 107 Å². The first-order chi connectivity index (χ1) is 10.9. The Hall–Kier alpha value is -2.12. The molecule has 0 saturated heterocycles. The highest BCUT2D eigenvalue weighted by molar-refractivity contribution is 7.89. The number of nitrogens with zero attached hydrogens (tertiary/aromatic N) is 1. The molecule has 1 aromatic carbocycles. The number of carboxylic acid groups (broad SMARTS) is 1. The van der Waals surface area contributed by atoms with Crippen LogP contribution in [0.2, 0.25) is 0 Å². The van der Waals surface area contributed by atoms with Crippen molar-refractivity contribution in [3.63, 3.8) is 0 Å². The van der Waals surface area contributed by atoms with E-state index in [1.165, 1.54) is 6.07 Å². The van der Waals surface area contributed by atoms with Gasteiger partial charge in [0.15, 0.2) is 0 Å². The molecule has 0 aliphatic rings. The third-order valence-electron chi connectivity index (χ3n) is 3.03. The number of benzene rings is 1. The SMILES string of the molecule is CC(C)C[C@@H](NS(=O)(=O)c1ccc(C(F)(F)F)c(C#N)c1)C(=O)O. The number of halogens is 3. The van der Waals surface area contributed by atoms with E-state index >= 15 is 0 Å². The molecule has 0 aromatic heterocycles. The van der Waals surface area contributed by atoms with Crippen LogP contribution < -0.4 is 4.72 Å². The predicted octanol–water partition coefficient (Wildman–Crippen LogP) is 2.35. The van der Waals surface area contributed by atoms with Gasteiger partial charge in [-0.25, -0.2) is 8.42 Å². The van der Waals surface area contributed by atoms with Crippen molar-refractivity contribution in [3.05, 3.63) is 29.3 Å². The maximum atomic E-state index is 12.7. The Morgan fingerprint density at radius 1 is 1.38 bits per heavy atom. The lowest BCUT2D eigenvalue weighted by atomic mass is 10.1. The molecule has 2 N–H and O–H groups in total. The standard InChI is InChI=1S/C14H15F3N2O4S/c1-8(2)5-12(13(20)21)19-24(22,23)10-3-4-11(14(15,16)17)9(6-10)7-18/h3-4,6,8,12,19H,5H2,1-2H3,(H,20,21)/t12-/m1/s1. The molecule has 0 spiro atoms. The van der Waals surface area contributed by atoms with Crippen LogP contribution in [0.4, 0.5) is 13.2 Å². The first kappa shape index (κ1) is 19.9. The molecule has 0 saturated carbocycles. The molecule has 24 heavy (non-hydrogen) atoms. The van der Waals surface area contributed by atoms with Gasteiger partial charge in [-0.05, 0) is 30.5 Å². The Kier molecular flexibility index (Phi) is 5.97. The summed E-state index contributed by atoms with van der Waals surface area (Å²) in [4.78, 5) is 10.5. The molecule has 0 bridgehead atoms. The predicted molar refractivity (Wildman–Crippen MR) is 77.4 cm³/mol. The number of carbonyl (C=O) groups is 1. The van der Waals surface area contributed by atoms with Crippen LogP contribution in [0.25, 0.3) is 0 Å². The van der Waals surface area contributed by atoms with Crippen molar-refractivity contribution in [1.82, 2.24) is 4.72 Å². The quantitative estimate of drug-likeness (QED) is 0.806. The largest absolute Gasteiger partial charge is 0.480 e. The van der Waals surface area contributed by atoms with E-state index in [1.54, 1.807) is 13.8 Å². The van der Waals surface area contributed by atoms with Gasteiger partial charge in [0.1, 0.15) is 6.04 Å². The molecule has 1 aromatic rings. The fraction of sp³-hybridized carbons (Fsp3) is 0.429. The zero-order valence-electron chi connectivity index (χ0n) is 12.8. The first-order valence-corrected chi connectivity index (χ1v) is 8.23. The van der Waals surface area contributed by atoms with Crippen LogP contribution in [0.15, 0.2) is 23.1 Å². The number of hydrogen-bond acceptors (Lipinski definition) is 4. The Balaban J connectivity index is 3.24. The molecule has 0 aliphatic carbocycles. The second kappa shape index (κ2) is 7.19. The van der Waals surface area contributed by atoms with Crippen molar-refractivity contribution in [2.24, 2.45) is 5.92 Å². The molecular weight excluding hydrogens is 349 g/mol. The summed E-state index contributed by atoms with van der Waals surface area (Å²) in [6.45, 7) is 3.38. The summed E-state index contributed by atoms with van der Waals surface area (Å²) in [6.07, 6.45) is -4.80. The Morgan fingerprint density at radius 2 is 1.96 bits per heavy atom. The van der Waals surface area contributed by atoms with E-state index in [0.717, 1.165) is 0 Å². The molecule has 6 nitrogen and oxygen atoms in total. The van der Waals surface area contributed by atoms with Gasteiger partial charge in [0, 0.05) is 0 Å². The zero-order chi connectivity index (χ0) is 18.7. The molecule has 10 heteroatoms. The molecular formula is C14H15F3N2O4S. The van der Waals surface area contributed by atoms with Gasteiger partial charge in [0.25, 0.3) is 0 Å². The van der Waals surface area contributed by atoms with E-state index in [2.05, 4.69) is 0 Å². The summed E-state index contributed by atoms with van der Waals surface area (Å²) in [5.74, 6) is -1.53. The van der Waals surface area contributed by atoms with Gasteiger partial charge >= 0.3 is 12.1 Å². The highest BCUT2D eigenvalue weighted by Gasteiger charge is 2.35. The van der Waals surface area contributed by atoms with E-state index < -0.39 is 44.2 Å². The monoisotopic (exact) mass is 364 g/mol. The van der Waals surface area contributed by atoms with E-state index in [1.807, 2.05) is 4.72 Å². The summed E-state index contributed by atoms with van der Waals surface area (Å²) in [5, 5.41) is 17.9. The minimum absolute atomic E-state index is 0.000303. The number of aliphatic carboxylic acids is 1. The van der Waals surface area contributed by atoms with Gasteiger partial charge in [0.05, 0.1) is 22.1 Å². The third-order valence-corrected chi connectivity index (χ3v) is 4.50. The molecule has 1 rings (SSSR count). The summed E-state index contributed by atoms with van der Waals surface area (Å²) in [7, 11) is -4.39. The van der Waals surface area contributed by atoms with Gasteiger partial charge in [-0.1, -0.05) is 13.8 Å². The van der Waals surface area contributed by atoms with Gasteiger partial charge < -0.3 is 5.11 Å². The van der Waals surface area contributed by atoms with Gasteiger partial charge in [-0.2, -0.15) is 23.2 Å². The molecule has 0 radical (unpaired) electrons. The summed E-state index contributed by atoms with van der Waals surface area (Å²) < 4.78 is 64.5. The normalized spacial score (nSPS) is 13.5. The highest BCUT2D eigenvalue weighted by atomic mass is 32.2. The number of alkyl halides is 3. The van der Waals surface area contributed by atoms with Crippen molar-refractivity contribution < 1.29 is 31.5 Å². The average molecular weight is 364 g/mol. The molecule has 1 atom stereocenters. The maximum absolute atomic E-state index is 12.7. The number of nitrogens with one attached hydrogen (secondary N) is 1. The molecule has 132 valence electrons. The van der Waals surface area contributed by atoms with E-state index in [0.29, 0.717) is 18.2 Å². The second-order valence-corrected chi connectivity index (χ2v) is 7.17. The van der Waals surface area contributed by atoms with Crippen LogP contribution in [0, 0.1) is 17.2 Å². The first-order valence-electron chi connectivity index (χ1n) is 6.75. The van der Waals surface area contributed by atoms with E-state index in [4.69, 9.17) is 10.4 Å². The lowest BCUT2D eigenvalue weighted by Crippen LogP contribution is -2.41. The highest BCUT2D eigenvalue weighted by Crippen LogP contribution is 2.32. The number of sulfonamides is 1. The van der Waals surface area contributed by atoms with E-state index in [-0.39, 0.29) is 12.3 Å². The maximum Gasteiger partial charge on any atom is 0.417 e. The Labute approximate surface area is 137 Å². The van der Waals surface area contributed by atoms with Crippen LogP contribution in [-0.4, -0.2) is 25.5 Å². The summed E-state index contributed by atoms with van der Waals surface area (Å²) in [6, 6.07) is 1.59. The van der Waals surface area contributed by atoms with Crippen molar-refractivity contribution >= 4 is 16.0 Å². The number of carboxylic acids is 1. The average Bonchev–Trinajstić information content (AvgIpc) is 2.44. The van der Waals surface area contributed by atoms with Crippen molar-refractivity contribution in [3.8, 4) is 6.07 Å². The number of nitriles is 1. The smallest absolute Gasteiger partial charge is 0.417 e. The van der Waals surface area contributed by atoms with Crippen LogP contribution in [0.3, 0.4) is 0 Å². The van der Waals surface area contributed by atoms with Gasteiger partial charge in [0.2, 0.25) is 10.0 Å². The van der Waals surface area contributed by atoms with Gasteiger partial charge in [-0.15, -0.1) is 0 Å². The minimum atomic E-state index is -4.80. The fourth-order valence-electron chi connectivity index (χ4n) is 1.96. The molecule has 0 aliphatic heterocycles. The summed E-state index contributed by atoms with van der Waals surface area (Å²) in [5.41, 5.74) is -2.12. The fourth-order valence-corrected chi connectivity index (χ4v) is 3.18. The second-order valence-electron chi connectivity index (χ2n) is 5.46. The molecule has 0 amide bonds. The van der Waals surface area contributed by atoms with Crippen molar-refractivity contribution in [2.75, 3.05) is 0 Å². The lowest BCUT2D eigenvalue weighted by Gasteiger charge is -2.17. The Morgan fingerprint density at radius 3 is 2.38 bits per heavy atom. The molecule has 0 unspecified atom stereocenters. The van der Waals surface area contributed by atoms with E-state index in [9.17, 15) is 26.4 Å². The van der Waals surface area contributed by atoms with Crippen molar-refractivity contribution in [1.29, 1.82) is 5.26 Å². The number of hydrogen-bond donors (Lipinski definition) is 2. The lowest BCUT2D eigenvalue weighted by molar-refractivity contribution is -0.139. The minimum Gasteiger partial charge on any atom is -0.480 e. The summed E-state index contributed by atoms with van der Waals surface area (Å²) >= 11 is 0. The van der Waals surface area contributed by atoms with Crippen LogP contribution >= 0.6 is 0 Å². The van der Waals surface area contributed by atoms with Crippen LogP contribution in [-0.2, 0) is 21.0 Å².